The van der Waals surface area contributed by atoms with Gasteiger partial charge in [-0.05, 0) is 0 Å². The maximum Gasteiger partial charge on any atom is 0.140 e. The second kappa shape index (κ2) is 9.30. The number of aliphatic hydroxyl groups is 1. The van der Waals surface area contributed by atoms with Crippen LogP contribution in [0.4, 0.5) is 0 Å². The van der Waals surface area contributed by atoms with Gasteiger partial charge in [0.2, 0.25) is 0 Å². The van der Waals surface area contributed by atoms with E-state index < -0.39 is 0 Å². The van der Waals surface area contributed by atoms with Crippen LogP contribution in [0.15, 0.2) is 0 Å². The predicted octanol–water partition coefficient (Wildman–Crippen LogP) is 0.943. The number of carbonyl (C=O) groups is 2. The van der Waals surface area contributed by atoms with Gasteiger partial charge in [0.25, 0.3) is 0 Å². The normalized spacial score (nSPS) is 14.5. The summed E-state index contributed by atoms with van der Waals surface area (Å²) >= 11 is 0. The van der Waals surface area contributed by atoms with Gasteiger partial charge in [0.05, 0.1) is 6.42 Å². The fraction of sp³-hybridized carbons (Fsp3) is 0.750. The quantitative estimate of drug-likeness (QED) is 0.536. The first-order chi connectivity index (χ1) is 5.29. The van der Waals surface area contributed by atoms with Crippen LogP contribution in [0, 0.1) is 0 Å². The molecule has 0 aliphatic heterocycles. The molecule has 3 nitrogen and oxygen atoms in total. The summed E-state index contributed by atoms with van der Waals surface area (Å²) in [6, 6.07) is 0. The summed E-state index contributed by atoms with van der Waals surface area (Å²) in [7, 11) is 1.00. The van der Waals surface area contributed by atoms with Crippen LogP contribution in [0.1, 0.15) is 33.1 Å². The van der Waals surface area contributed by atoms with Gasteiger partial charge in [-0.1, -0.05) is 13.8 Å². The lowest BCUT2D eigenvalue weighted by atomic mass is 10.3. The number of Topliss-reactive ketones (excluding diaryl/α,β-unsaturated/α-hetero) is 2. The first-order valence-electron chi connectivity index (χ1n) is 3.77. The molecule has 1 rings (SSSR count). The maximum absolute atomic E-state index is 10.2. The van der Waals surface area contributed by atoms with E-state index in [0.717, 1.165) is 7.11 Å². The molecule has 0 aromatic rings. The van der Waals surface area contributed by atoms with Crippen LogP contribution in [0.3, 0.4) is 0 Å². The smallest absolute Gasteiger partial charge is 0.140 e. The Hall–Kier alpha value is -0.700. The SMILES string of the molecule is CC.CO.O=C1CCC(=O)C1. The molecule has 0 atom stereocenters. The summed E-state index contributed by atoms with van der Waals surface area (Å²) < 4.78 is 0. The lowest BCUT2D eigenvalue weighted by molar-refractivity contribution is -0.121. The second-order valence-electron chi connectivity index (χ2n) is 1.75. The van der Waals surface area contributed by atoms with Crippen molar-refractivity contribution >= 4 is 11.6 Å². The first-order valence-corrected chi connectivity index (χ1v) is 3.77. The zero-order valence-corrected chi connectivity index (χ0v) is 7.39. The van der Waals surface area contributed by atoms with Gasteiger partial charge in [0, 0.05) is 20.0 Å². The molecule has 0 aromatic carbocycles. The van der Waals surface area contributed by atoms with Crippen molar-refractivity contribution in [1.82, 2.24) is 0 Å². The fourth-order valence-corrected chi connectivity index (χ4v) is 0.676. The number of carbonyl (C=O) groups excluding carboxylic acids is 2. The summed E-state index contributed by atoms with van der Waals surface area (Å²) in [4.78, 5) is 20.5. The molecule has 3 heteroatoms. The Labute approximate surface area is 67.4 Å². The Bertz CT molecular complexity index is 105. The van der Waals surface area contributed by atoms with Crippen LogP contribution >= 0.6 is 0 Å². The highest BCUT2D eigenvalue weighted by Crippen LogP contribution is 2.07. The minimum atomic E-state index is 0.102. The van der Waals surface area contributed by atoms with E-state index in [1.165, 1.54) is 0 Å². The van der Waals surface area contributed by atoms with Gasteiger partial charge in [-0.2, -0.15) is 0 Å². The summed E-state index contributed by atoms with van der Waals surface area (Å²) in [5.41, 5.74) is 0. The van der Waals surface area contributed by atoms with Crippen molar-refractivity contribution in [1.29, 1.82) is 0 Å². The van der Waals surface area contributed by atoms with E-state index in [-0.39, 0.29) is 18.0 Å². The molecule has 1 aliphatic carbocycles. The van der Waals surface area contributed by atoms with E-state index in [1.54, 1.807) is 0 Å². The monoisotopic (exact) mass is 160 g/mol. The standard InChI is InChI=1S/C5H6O2.C2H6.CH4O/c6-4-1-2-5(7)3-4;2*1-2/h1-3H2;1-2H3;2H,1H3. The molecule has 0 amide bonds. The van der Waals surface area contributed by atoms with Gasteiger partial charge in [-0.3, -0.25) is 9.59 Å². The van der Waals surface area contributed by atoms with Gasteiger partial charge in [0.15, 0.2) is 0 Å². The molecule has 0 radical (unpaired) electrons. The molecule has 0 spiro atoms. The minimum Gasteiger partial charge on any atom is -0.400 e. The third kappa shape index (κ3) is 7.19. The number of ketones is 2. The number of hydrogen-bond donors (Lipinski definition) is 1. The number of hydrogen-bond acceptors (Lipinski definition) is 3. The summed E-state index contributed by atoms with van der Waals surface area (Å²) in [5, 5.41) is 7.00. The highest BCUT2D eigenvalue weighted by atomic mass is 16.2. The molecule has 0 aromatic heterocycles. The van der Waals surface area contributed by atoms with Crippen molar-refractivity contribution in [2.24, 2.45) is 0 Å². The molecule has 66 valence electrons. The van der Waals surface area contributed by atoms with Crippen molar-refractivity contribution in [3.63, 3.8) is 0 Å². The van der Waals surface area contributed by atoms with E-state index in [2.05, 4.69) is 0 Å². The van der Waals surface area contributed by atoms with Crippen LogP contribution in [-0.4, -0.2) is 23.8 Å². The molecule has 1 aliphatic rings. The number of rotatable bonds is 0. The average Bonchev–Trinajstić information content (AvgIpc) is 2.43. The van der Waals surface area contributed by atoms with Crippen molar-refractivity contribution in [3.05, 3.63) is 0 Å². The molecular formula is C8H16O3. The molecule has 0 bridgehead atoms. The Kier molecular flexibility index (Phi) is 10.9. The third-order valence-electron chi connectivity index (χ3n) is 1.08. The minimum absolute atomic E-state index is 0.102. The third-order valence-corrected chi connectivity index (χ3v) is 1.08. The predicted molar refractivity (Wildman–Crippen MR) is 43.4 cm³/mol. The van der Waals surface area contributed by atoms with Crippen LogP contribution < -0.4 is 0 Å². The van der Waals surface area contributed by atoms with Crippen molar-refractivity contribution < 1.29 is 14.7 Å². The Balaban J connectivity index is 0. The maximum atomic E-state index is 10.2. The molecule has 0 saturated heterocycles. The lowest BCUT2D eigenvalue weighted by Crippen LogP contribution is -1.88. The molecule has 0 unspecified atom stereocenters. The van der Waals surface area contributed by atoms with Crippen LogP contribution in [0.5, 0.6) is 0 Å². The van der Waals surface area contributed by atoms with E-state index in [9.17, 15) is 9.59 Å². The molecule has 0 heterocycles. The molecule has 1 saturated carbocycles. The van der Waals surface area contributed by atoms with Crippen LogP contribution in [0.2, 0.25) is 0 Å². The second-order valence-corrected chi connectivity index (χ2v) is 1.75. The van der Waals surface area contributed by atoms with Gasteiger partial charge < -0.3 is 5.11 Å². The van der Waals surface area contributed by atoms with E-state index in [1.807, 2.05) is 13.8 Å². The molecule has 11 heavy (non-hydrogen) atoms. The zero-order chi connectivity index (χ0) is 9.28. The van der Waals surface area contributed by atoms with Gasteiger partial charge >= 0.3 is 0 Å². The van der Waals surface area contributed by atoms with E-state index in [0.29, 0.717) is 12.8 Å². The fourth-order valence-electron chi connectivity index (χ4n) is 0.676. The Morgan fingerprint density at radius 2 is 1.27 bits per heavy atom. The van der Waals surface area contributed by atoms with Crippen molar-refractivity contribution in [2.45, 2.75) is 33.1 Å². The highest BCUT2D eigenvalue weighted by molar-refractivity contribution is 6.05. The lowest BCUT2D eigenvalue weighted by Gasteiger charge is -1.71. The van der Waals surface area contributed by atoms with Crippen LogP contribution in [0.25, 0.3) is 0 Å². The summed E-state index contributed by atoms with van der Waals surface area (Å²) in [5.74, 6) is 0.204. The average molecular weight is 160 g/mol. The summed E-state index contributed by atoms with van der Waals surface area (Å²) in [6.45, 7) is 4.00. The van der Waals surface area contributed by atoms with E-state index in [4.69, 9.17) is 5.11 Å². The van der Waals surface area contributed by atoms with Crippen molar-refractivity contribution in [2.75, 3.05) is 7.11 Å². The first kappa shape index (κ1) is 12.9. The largest absolute Gasteiger partial charge is 0.400 e. The topological polar surface area (TPSA) is 54.4 Å². The van der Waals surface area contributed by atoms with Crippen LogP contribution in [-0.2, 0) is 9.59 Å². The molecule has 1 fully saturated rings. The number of aliphatic hydroxyl groups excluding tert-OH is 1. The van der Waals surface area contributed by atoms with Gasteiger partial charge in [-0.15, -0.1) is 0 Å². The molecular weight excluding hydrogens is 144 g/mol. The Morgan fingerprint density at radius 1 is 1.00 bits per heavy atom. The zero-order valence-electron chi connectivity index (χ0n) is 7.39. The molecule has 1 N–H and O–H groups in total. The summed E-state index contributed by atoms with van der Waals surface area (Å²) in [6.07, 6.45) is 1.16. The highest BCUT2D eigenvalue weighted by Gasteiger charge is 2.17. The Morgan fingerprint density at radius 3 is 1.36 bits per heavy atom. The van der Waals surface area contributed by atoms with Gasteiger partial charge in [-0.25, -0.2) is 0 Å². The van der Waals surface area contributed by atoms with Crippen molar-refractivity contribution in [3.8, 4) is 0 Å². The van der Waals surface area contributed by atoms with E-state index >= 15 is 0 Å². The van der Waals surface area contributed by atoms with Gasteiger partial charge in [0.1, 0.15) is 11.6 Å².